The van der Waals surface area contributed by atoms with Crippen LogP contribution in [0.1, 0.15) is 35.3 Å². The quantitative estimate of drug-likeness (QED) is 0.507. The molecular weight excluding hydrogens is 390 g/mol. The van der Waals surface area contributed by atoms with Crippen molar-refractivity contribution in [2.75, 3.05) is 31.1 Å². The summed E-state index contributed by atoms with van der Waals surface area (Å²) in [6.45, 7) is 11.6. The van der Waals surface area contributed by atoms with E-state index in [0.717, 1.165) is 46.1 Å². The molecular formula is C22H26ClN3OS. The molecule has 148 valence electrons. The Morgan fingerprint density at radius 1 is 1.07 bits per heavy atom. The number of aryl methyl sites for hydroxylation is 2. The van der Waals surface area contributed by atoms with Crippen LogP contribution in [0.5, 0.6) is 0 Å². The molecule has 0 aliphatic rings. The number of halogens is 1. The van der Waals surface area contributed by atoms with E-state index < -0.39 is 0 Å². The summed E-state index contributed by atoms with van der Waals surface area (Å²) in [5.41, 5.74) is 3.75. The Hall–Kier alpha value is -1.95. The van der Waals surface area contributed by atoms with E-state index in [1.165, 1.54) is 11.3 Å². The summed E-state index contributed by atoms with van der Waals surface area (Å²) < 4.78 is 1.00. The van der Waals surface area contributed by atoms with Crippen LogP contribution in [-0.2, 0) is 0 Å². The summed E-state index contributed by atoms with van der Waals surface area (Å²) in [5, 5.41) is 1.41. The van der Waals surface area contributed by atoms with Crippen molar-refractivity contribution in [3.05, 3.63) is 58.1 Å². The monoisotopic (exact) mass is 415 g/mol. The van der Waals surface area contributed by atoms with Crippen molar-refractivity contribution in [1.29, 1.82) is 0 Å². The second-order valence-corrected chi connectivity index (χ2v) is 8.36. The van der Waals surface area contributed by atoms with Crippen molar-refractivity contribution in [3.8, 4) is 0 Å². The number of benzene rings is 2. The van der Waals surface area contributed by atoms with Gasteiger partial charge in [0.1, 0.15) is 0 Å². The van der Waals surface area contributed by atoms with Crippen LogP contribution >= 0.6 is 22.9 Å². The van der Waals surface area contributed by atoms with Gasteiger partial charge in [0.15, 0.2) is 5.13 Å². The molecule has 0 unspecified atom stereocenters. The van der Waals surface area contributed by atoms with Gasteiger partial charge < -0.3 is 4.90 Å². The molecule has 2 aromatic carbocycles. The van der Waals surface area contributed by atoms with Gasteiger partial charge in [-0.05, 0) is 56.8 Å². The predicted octanol–water partition coefficient (Wildman–Crippen LogP) is 5.56. The van der Waals surface area contributed by atoms with Crippen molar-refractivity contribution in [2.24, 2.45) is 0 Å². The van der Waals surface area contributed by atoms with Gasteiger partial charge in [0, 0.05) is 23.7 Å². The molecule has 0 saturated heterocycles. The lowest BCUT2D eigenvalue weighted by Gasteiger charge is -2.24. The number of hydrogen-bond acceptors (Lipinski definition) is 4. The summed E-state index contributed by atoms with van der Waals surface area (Å²) in [6.07, 6.45) is 0. The maximum Gasteiger partial charge on any atom is 0.260 e. The van der Waals surface area contributed by atoms with Gasteiger partial charge in [0.25, 0.3) is 5.91 Å². The fraction of sp³-hybridized carbons (Fsp3) is 0.364. The molecule has 6 heteroatoms. The highest BCUT2D eigenvalue weighted by Gasteiger charge is 2.22. The SMILES string of the molecule is CCN(CC)CCN(C(=O)c1ccc(C)cc1)c1nc2c(C)cc(Cl)cc2s1. The highest BCUT2D eigenvalue weighted by atomic mass is 35.5. The average Bonchev–Trinajstić information content (AvgIpc) is 3.09. The van der Waals surface area contributed by atoms with Crippen LogP contribution in [-0.4, -0.2) is 42.0 Å². The van der Waals surface area contributed by atoms with E-state index >= 15 is 0 Å². The molecule has 1 heterocycles. The van der Waals surface area contributed by atoms with Gasteiger partial charge in [-0.3, -0.25) is 9.69 Å². The number of aromatic nitrogens is 1. The zero-order valence-corrected chi connectivity index (χ0v) is 18.4. The van der Waals surface area contributed by atoms with Crippen LogP contribution in [0.25, 0.3) is 10.2 Å². The summed E-state index contributed by atoms with van der Waals surface area (Å²) in [5.74, 6) is -0.0186. The van der Waals surface area contributed by atoms with E-state index in [9.17, 15) is 4.79 Å². The molecule has 1 amide bonds. The third kappa shape index (κ3) is 4.54. The Balaban J connectivity index is 1.98. The Bertz CT molecular complexity index is 964. The Morgan fingerprint density at radius 2 is 1.75 bits per heavy atom. The number of carbonyl (C=O) groups excluding carboxylic acids is 1. The van der Waals surface area contributed by atoms with E-state index in [2.05, 4.69) is 18.7 Å². The Kier molecular flexibility index (Phi) is 6.70. The van der Waals surface area contributed by atoms with Crippen LogP contribution in [0, 0.1) is 13.8 Å². The minimum absolute atomic E-state index is 0.0186. The number of hydrogen-bond donors (Lipinski definition) is 0. The third-order valence-corrected chi connectivity index (χ3v) is 6.19. The lowest BCUT2D eigenvalue weighted by Crippen LogP contribution is -2.38. The lowest BCUT2D eigenvalue weighted by molar-refractivity contribution is 0.0984. The molecule has 0 spiro atoms. The molecule has 28 heavy (non-hydrogen) atoms. The number of fused-ring (bicyclic) bond motifs is 1. The van der Waals surface area contributed by atoms with E-state index in [0.29, 0.717) is 17.1 Å². The maximum absolute atomic E-state index is 13.3. The first-order chi connectivity index (χ1) is 13.4. The predicted molar refractivity (Wildman–Crippen MR) is 120 cm³/mol. The van der Waals surface area contributed by atoms with Crippen molar-refractivity contribution in [2.45, 2.75) is 27.7 Å². The summed E-state index contributed by atoms with van der Waals surface area (Å²) >= 11 is 7.74. The van der Waals surface area contributed by atoms with Crippen LogP contribution < -0.4 is 4.90 Å². The van der Waals surface area contributed by atoms with Crippen LogP contribution in [0.3, 0.4) is 0 Å². The number of nitrogens with zero attached hydrogens (tertiary/aromatic N) is 3. The minimum atomic E-state index is -0.0186. The third-order valence-electron chi connectivity index (χ3n) is 4.95. The van der Waals surface area contributed by atoms with E-state index in [-0.39, 0.29) is 5.91 Å². The highest BCUT2D eigenvalue weighted by Crippen LogP contribution is 2.33. The number of anilines is 1. The molecule has 0 atom stereocenters. The van der Waals surface area contributed by atoms with Crippen molar-refractivity contribution >= 4 is 44.2 Å². The van der Waals surface area contributed by atoms with Gasteiger partial charge in [-0.15, -0.1) is 0 Å². The molecule has 0 aliphatic carbocycles. The number of carbonyl (C=O) groups is 1. The molecule has 0 saturated carbocycles. The molecule has 1 aromatic heterocycles. The first-order valence-electron chi connectivity index (χ1n) is 9.60. The molecule has 0 bridgehead atoms. The smallest absolute Gasteiger partial charge is 0.260 e. The van der Waals surface area contributed by atoms with Crippen molar-refractivity contribution in [3.63, 3.8) is 0 Å². The molecule has 4 nitrogen and oxygen atoms in total. The van der Waals surface area contributed by atoms with Gasteiger partial charge in [-0.1, -0.05) is 54.5 Å². The van der Waals surface area contributed by atoms with Gasteiger partial charge in [0.05, 0.1) is 10.2 Å². The Morgan fingerprint density at radius 3 is 2.39 bits per heavy atom. The molecule has 0 N–H and O–H groups in total. The van der Waals surface area contributed by atoms with E-state index in [1.807, 2.05) is 50.2 Å². The molecule has 0 aliphatic heterocycles. The summed E-state index contributed by atoms with van der Waals surface area (Å²) in [6, 6.07) is 11.5. The van der Waals surface area contributed by atoms with Gasteiger partial charge in [-0.25, -0.2) is 4.98 Å². The minimum Gasteiger partial charge on any atom is -0.302 e. The van der Waals surface area contributed by atoms with Gasteiger partial charge in [-0.2, -0.15) is 0 Å². The number of amides is 1. The second kappa shape index (κ2) is 9.03. The average molecular weight is 416 g/mol. The molecule has 0 radical (unpaired) electrons. The normalized spacial score (nSPS) is 11.4. The van der Waals surface area contributed by atoms with Crippen molar-refractivity contribution in [1.82, 2.24) is 9.88 Å². The van der Waals surface area contributed by atoms with Crippen LogP contribution in [0.15, 0.2) is 36.4 Å². The number of rotatable bonds is 7. The summed E-state index contributed by atoms with van der Waals surface area (Å²) in [4.78, 5) is 22.2. The maximum atomic E-state index is 13.3. The number of likely N-dealkylation sites (N-methyl/N-ethyl adjacent to an activating group) is 1. The second-order valence-electron chi connectivity index (χ2n) is 6.92. The topological polar surface area (TPSA) is 36.4 Å². The zero-order chi connectivity index (χ0) is 20.3. The standard InChI is InChI=1S/C22H26ClN3OS/c1-5-25(6-2)11-12-26(21(27)17-9-7-15(3)8-10-17)22-24-20-16(4)13-18(23)14-19(20)28-22/h7-10,13-14H,5-6,11-12H2,1-4H3. The van der Waals surface area contributed by atoms with Gasteiger partial charge >= 0.3 is 0 Å². The van der Waals surface area contributed by atoms with E-state index in [4.69, 9.17) is 16.6 Å². The van der Waals surface area contributed by atoms with E-state index in [1.54, 1.807) is 4.90 Å². The fourth-order valence-corrected chi connectivity index (χ4v) is 4.62. The largest absolute Gasteiger partial charge is 0.302 e. The van der Waals surface area contributed by atoms with Crippen molar-refractivity contribution < 1.29 is 4.79 Å². The highest BCUT2D eigenvalue weighted by molar-refractivity contribution is 7.22. The zero-order valence-electron chi connectivity index (χ0n) is 16.8. The first kappa shape index (κ1) is 20.8. The fourth-order valence-electron chi connectivity index (χ4n) is 3.18. The number of thiazole rings is 1. The molecule has 0 fully saturated rings. The molecule has 3 rings (SSSR count). The summed E-state index contributed by atoms with van der Waals surface area (Å²) in [7, 11) is 0. The Labute approximate surface area is 175 Å². The molecule has 3 aromatic rings. The van der Waals surface area contributed by atoms with Gasteiger partial charge in [0.2, 0.25) is 0 Å². The lowest BCUT2D eigenvalue weighted by atomic mass is 10.1. The van der Waals surface area contributed by atoms with Crippen LogP contribution in [0.4, 0.5) is 5.13 Å². The van der Waals surface area contributed by atoms with Crippen LogP contribution in [0.2, 0.25) is 5.02 Å². The first-order valence-corrected chi connectivity index (χ1v) is 10.8.